The van der Waals surface area contributed by atoms with Gasteiger partial charge in [0, 0.05) is 22.3 Å². The monoisotopic (exact) mass is 419 g/mol. The minimum Gasteiger partial charge on any atom is -0.496 e. The summed E-state index contributed by atoms with van der Waals surface area (Å²) in [5.74, 6) is 3.19. The molecule has 0 radical (unpaired) electrons. The normalized spacial score (nSPS) is 10.8. The first-order chi connectivity index (χ1) is 12.1. The molecule has 0 amide bonds. The molecule has 0 saturated carbocycles. The number of nitrogens with zero attached hydrogens (tertiary/aromatic N) is 3. The molecule has 0 bridgehead atoms. The maximum atomic E-state index is 5.44. The van der Waals surface area contributed by atoms with Crippen LogP contribution in [0.15, 0.2) is 57.2 Å². The lowest BCUT2D eigenvalue weighted by Gasteiger charge is -2.10. The molecule has 3 rings (SSSR count). The topological polar surface area (TPSA) is 53.1 Å². The standard InChI is InChI=1S/C18H18BrN3O2S/c1-4-8-22-17(15-7-9-24-12(15)2)20-21-18(22)25-11-13-10-14(19)5-6-16(13)23-3/h4-7,9-10H,1,8,11H2,2-3H3. The molecule has 3 aromatic rings. The number of furan rings is 1. The number of allylic oxidation sites excluding steroid dienone is 1. The fourth-order valence-electron chi connectivity index (χ4n) is 2.51. The first kappa shape index (κ1) is 17.8. The molecular weight excluding hydrogens is 402 g/mol. The predicted octanol–water partition coefficient (Wildman–Crippen LogP) is 5.10. The van der Waals surface area contributed by atoms with Crippen LogP contribution in [0.25, 0.3) is 11.4 Å². The molecule has 5 nitrogen and oxygen atoms in total. The zero-order chi connectivity index (χ0) is 17.8. The molecule has 0 aliphatic carbocycles. The van der Waals surface area contributed by atoms with Crippen LogP contribution in [0, 0.1) is 6.92 Å². The van der Waals surface area contributed by atoms with Gasteiger partial charge in [0.2, 0.25) is 0 Å². The van der Waals surface area contributed by atoms with Gasteiger partial charge in [-0.3, -0.25) is 4.57 Å². The Bertz CT molecular complexity index is 888. The molecule has 2 heterocycles. The molecule has 0 atom stereocenters. The van der Waals surface area contributed by atoms with Crippen LogP contribution < -0.4 is 4.74 Å². The van der Waals surface area contributed by atoms with Crippen molar-refractivity contribution < 1.29 is 9.15 Å². The van der Waals surface area contributed by atoms with E-state index in [1.807, 2.05) is 35.8 Å². The third-order valence-electron chi connectivity index (χ3n) is 3.73. The van der Waals surface area contributed by atoms with E-state index in [1.54, 1.807) is 25.1 Å². The average molecular weight is 420 g/mol. The summed E-state index contributed by atoms with van der Waals surface area (Å²) < 4.78 is 13.9. The van der Waals surface area contributed by atoms with E-state index in [1.165, 1.54) is 0 Å². The Morgan fingerprint density at radius 1 is 1.36 bits per heavy atom. The van der Waals surface area contributed by atoms with Gasteiger partial charge in [-0.2, -0.15) is 0 Å². The summed E-state index contributed by atoms with van der Waals surface area (Å²) in [6, 6.07) is 7.88. The molecule has 0 fully saturated rings. The van der Waals surface area contributed by atoms with Crippen LogP contribution in [0.1, 0.15) is 11.3 Å². The zero-order valence-electron chi connectivity index (χ0n) is 14.0. The largest absolute Gasteiger partial charge is 0.496 e. The number of benzene rings is 1. The molecule has 0 spiro atoms. The van der Waals surface area contributed by atoms with Gasteiger partial charge in [0.25, 0.3) is 0 Å². The van der Waals surface area contributed by atoms with E-state index in [4.69, 9.17) is 9.15 Å². The van der Waals surface area contributed by atoms with Gasteiger partial charge in [0.15, 0.2) is 11.0 Å². The van der Waals surface area contributed by atoms with Crippen LogP contribution in [0.2, 0.25) is 0 Å². The van der Waals surface area contributed by atoms with Crippen molar-refractivity contribution in [3.8, 4) is 17.1 Å². The maximum Gasteiger partial charge on any atom is 0.192 e. The van der Waals surface area contributed by atoms with Crippen LogP contribution in [-0.4, -0.2) is 21.9 Å². The molecule has 0 unspecified atom stereocenters. The predicted molar refractivity (Wildman–Crippen MR) is 103 cm³/mol. The SMILES string of the molecule is C=CCn1c(SCc2cc(Br)ccc2OC)nnc1-c1ccoc1C. The van der Waals surface area contributed by atoms with E-state index in [9.17, 15) is 0 Å². The highest BCUT2D eigenvalue weighted by atomic mass is 79.9. The fraction of sp³-hybridized carbons (Fsp3) is 0.222. The highest BCUT2D eigenvalue weighted by Crippen LogP contribution is 2.32. The summed E-state index contributed by atoms with van der Waals surface area (Å²) in [4.78, 5) is 0. The van der Waals surface area contributed by atoms with Crippen molar-refractivity contribution in [3.63, 3.8) is 0 Å². The fourth-order valence-corrected chi connectivity index (χ4v) is 3.84. The van der Waals surface area contributed by atoms with E-state index in [0.717, 1.165) is 43.8 Å². The number of hydrogen-bond donors (Lipinski definition) is 0. The summed E-state index contributed by atoms with van der Waals surface area (Å²) in [5, 5.41) is 9.54. The number of thioether (sulfide) groups is 1. The second-order valence-electron chi connectivity index (χ2n) is 5.34. The summed E-state index contributed by atoms with van der Waals surface area (Å²) >= 11 is 5.12. The summed E-state index contributed by atoms with van der Waals surface area (Å²) in [7, 11) is 1.68. The van der Waals surface area contributed by atoms with Gasteiger partial charge in [0.1, 0.15) is 11.5 Å². The van der Waals surface area contributed by atoms with Crippen LogP contribution in [-0.2, 0) is 12.3 Å². The molecule has 7 heteroatoms. The lowest BCUT2D eigenvalue weighted by atomic mass is 10.2. The molecule has 0 N–H and O–H groups in total. The van der Waals surface area contributed by atoms with E-state index in [-0.39, 0.29) is 0 Å². The van der Waals surface area contributed by atoms with Crippen molar-refractivity contribution in [2.45, 2.75) is 24.4 Å². The molecule has 1 aromatic carbocycles. The number of aryl methyl sites for hydroxylation is 1. The first-order valence-electron chi connectivity index (χ1n) is 7.67. The Labute approximate surface area is 159 Å². The number of methoxy groups -OCH3 is 1. The second kappa shape index (κ2) is 7.93. The summed E-state index contributed by atoms with van der Waals surface area (Å²) in [6.45, 7) is 6.39. The number of hydrogen-bond acceptors (Lipinski definition) is 5. The Morgan fingerprint density at radius 2 is 2.20 bits per heavy atom. The zero-order valence-corrected chi connectivity index (χ0v) is 16.4. The molecule has 0 aliphatic heterocycles. The van der Waals surface area contributed by atoms with Crippen molar-refractivity contribution in [1.29, 1.82) is 0 Å². The molecule has 130 valence electrons. The minimum absolute atomic E-state index is 0.630. The van der Waals surface area contributed by atoms with Gasteiger partial charge in [0.05, 0.1) is 18.9 Å². The van der Waals surface area contributed by atoms with Crippen LogP contribution >= 0.6 is 27.7 Å². The van der Waals surface area contributed by atoms with E-state index < -0.39 is 0 Å². The van der Waals surface area contributed by atoms with Crippen LogP contribution in [0.4, 0.5) is 0 Å². The van der Waals surface area contributed by atoms with Crippen LogP contribution in [0.5, 0.6) is 5.75 Å². The van der Waals surface area contributed by atoms with Crippen molar-refractivity contribution in [1.82, 2.24) is 14.8 Å². The molecule has 25 heavy (non-hydrogen) atoms. The Balaban J connectivity index is 1.88. The second-order valence-corrected chi connectivity index (χ2v) is 7.20. The quantitative estimate of drug-likeness (QED) is 0.393. The molecule has 0 aliphatic rings. The van der Waals surface area contributed by atoms with E-state index in [0.29, 0.717) is 6.54 Å². The number of rotatable bonds is 7. The number of halogens is 1. The lowest BCUT2D eigenvalue weighted by molar-refractivity contribution is 0.411. The van der Waals surface area contributed by atoms with Gasteiger partial charge in [-0.1, -0.05) is 33.8 Å². The van der Waals surface area contributed by atoms with Gasteiger partial charge < -0.3 is 9.15 Å². The number of aromatic nitrogens is 3. The van der Waals surface area contributed by atoms with E-state index in [2.05, 4.69) is 38.8 Å². The van der Waals surface area contributed by atoms with Gasteiger partial charge in [-0.25, -0.2) is 0 Å². The Kier molecular flexibility index (Phi) is 5.65. The van der Waals surface area contributed by atoms with E-state index >= 15 is 0 Å². The van der Waals surface area contributed by atoms with Gasteiger partial charge >= 0.3 is 0 Å². The lowest BCUT2D eigenvalue weighted by Crippen LogP contribution is -2.01. The minimum atomic E-state index is 0.630. The van der Waals surface area contributed by atoms with Gasteiger partial charge in [-0.15, -0.1) is 16.8 Å². The Morgan fingerprint density at radius 3 is 2.88 bits per heavy atom. The van der Waals surface area contributed by atoms with Crippen molar-refractivity contribution >= 4 is 27.7 Å². The highest BCUT2D eigenvalue weighted by Gasteiger charge is 2.17. The number of ether oxygens (including phenoxy) is 1. The van der Waals surface area contributed by atoms with Crippen molar-refractivity contribution in [2.75, 3.05) is 7.11 Å². The van der Waals surface area contributed by atoms with Crippen molar-refractivity contribution in [2.24, 2.45) is 0 Å². The summed E-state index contributed by atoms with van der Waals surface area (Å²) in [6.07, 6.45) is 3.50. The van der Waals surface area contributed by atoms with Crippen molar-refractivity contribution in [3.05, 3.63) is 59.0 Å². The first-order valence-corrected chi connectivity index (χ1v) is 9.45. The smallest absolute Gasteiger partial charge is 0.192 e. The maximum absolute atomic E-state index is 5.44. The third kappa shape index (κ3) is 3.82. The molecule has 0 saturated heterocycles. The highest BCUT2D eigenvalue weighted by molar-refractivity contribution is 9.10. The average Bonchev–Trinajstić information content (AvgIpc) is 3.19. The summed E-state index contributed by atoms with van der Waals surface area (Å²) in [5.41, 5.74) is 2.04. The Hall–Kier alpha value is -1.99. The van der Waals surface area contributed by atoms with Gasteiger partial charge in [-0.05, 0) is 31.2 Å². The third-order valence-corrected chi connectivity index (χ3v) is 5.24. The van der Waals surface area contributed by atoms with Crippen LogP contribution in [0.3, 0.4) is 0 Å². The molecule has 2 aromatic heterocycles. The molecular formula is C18H18BrN3O2S.